The second kappa shape index (κ2) is 3.87. The van der Waals surface area contributed by atoms with Crippen LogP contribution in [0.3, 0.4) is 0 Å². The summed E-state index contributed by atoms with van der Waals surface area (Å²) in [4.78, 5) is 14.2. The fourth-order valence-corrected chi connectivity index (χ4v) is 1.39. The number of halogens is 3. The number of rotatable bonds is 2. The number of nitrogen functional groups attached to an aromatic ring is 1. The number of pyridine rings is 1. The van der Waals surface area contributed by atoms with Crippen molar-refractivity contribution >= 4 is 27.5 Å². The van der Waals surface area contributed by atoms with Crippen LogP contribution in [-0.2, 0) is 0 Å². The molecular weight excluding hydrogens is 260 g/mol. The Morgan fingerprint density at radius 1 is 1.57 bits per heavy atom. The molecule has 1 aromatic rings. The summed E-state index contributed by atoms with van der Waals surface area (Å²) < 4.78 is 24.6. The standard InChI is InChI=1S/C7H6BrF2N3O/c8-3-4(11)2(6(9)10)1-13-5(3)7(12)14/h1,6H,(H2,11,13)(H2,12,14). The van der Waals surface area contributed by atoms with Crippen molar-refractivity contribution in [2.75, 3.05) is 5.73 Å². The van der Waals surface area contributed by atoms with Crippen molar-refractivity contribution < 1.29 is 13.6 Å². The van der Waals surface area contributed by atoms with E-state index in [1.165, 1.54) is 0 Å². The number of carbonyl (C=O) groups excluding carboxylic acids is 1. The lowest BCUT2D eigenvalue weighted by molar-refractivity contribution is 0.0994. The fourth-order valence-electron chi connectivity index (χ4n) is 0.860. The Morgan fingerprint density at radius 2 is 2.14 bits per heavy atom. The monoisotopic (exact) mass is 265 g/mol. The molecule has 4 nitrogen and oxygen atoms in total. The summed E-state index contributed by atoms with van der Waals surface area (Å²) in [6.07, 6.45) is -1.90. The summed E-state index contributed by atoms with van der Waals surface area (Å²) in [5.74, 6) is -0.829. The molecule has 0 aliphatic rings. The number of alkyl halides is 2. The minimum atomic E-state index is -2.74. The molecule has 1 aromatic heterocycles. The molecule has 0 aliphatic carbocycles. The number of nitrogens with zero attached hydrogens (tertiary/aromatic N) is 1. The summed E-state index contributed by atoms with van der Waals surface area (Å²) in [6, 6.07) is 0. The maximum Gasteiger partial charge on any atom is 0.268 e. The van der Waals surface area contributed by atoms with Crippen LogP contribution in [-0.4, -0.2) is 10.9 Å². The minimum absolute atomic E-state index is 0.00259. The molecule has 76 valence electrons. The molecule has 0 fully saturated rings. The lowest BCUT2D eigenvalue weighted by atomic mass is 10.2. The van der Waals surface area contributed by atoms with E-state index >= 15 is 0 Å². The van der Waals surface area contributed by atoms with E-state index < -0.39 is 17.9 Å². The highest BCUT2D eigenvalue weighted by molar-refractivity contribution is 9.10. The molecule has 0 radical (unpaired) electrons. The van der Waals surface area contributed by atoms with E-state index in [0.29, 0.717) is 0 Å². The van der Waals surface area contributed by atoms with Gasteiger partial charge >= 0.3 is 0 Å². The highest BCUT2D eigenvalue weighted by atomic mass is 79.9. The molecule has 0 spiro atoms. The first-order valence-electron chi connectivity index (χ1n) is 3.47. The average Bonchev–Trinajstić information content (AvgIpc) is 2.08. The fraction of sp³-hybridized carbons (Fsp3) is 0.143. The van der Waals surface area contributed by atoms with Crippen LogP contribution in [0.4, 0.5) is 14.5 Å². The molecule has 1 amide bonds. The lowest BCUT2D eigenvalue weighted by Gasteiger charge is -2.07. The van der Waals surface area contributed by atoms with Gasteiger partial charge in [0.05, 0.1) is 15.7 Å². The van der Waals surface area contributed by atoms with Crippen LogP contribution in [0, 0.1) is 0 Å². The molecule has 4 N–H and O–H groups in total. The average molecular weight is 266 g/mol. The van der Waals surface area contributed by atoms with Gasteiger partial charge in [-0.3, -0.25) is 4.79 Å². The van der Waals surface area contributed by atoms with E-state index in [0.717, 1.165) is 6.20 Å². The Bertz CT molecular complexity index is 383. The SMILES string of the molecule is NC(=O)c1ncc(C(F)F)c(N)c1Br. The number of hydrogen-bond acceptors (Lipinski definition) is 3. The van der Waals surface area contributed by atoms with E-state index in [2.05, 4.69) is 20.9 Å². The zero-order valence-corrected chi connectivity index (χ0v) is 8.38. The van der Waals surface area contributed by atoms with Crippen molar-refractivity contribution in [1.29, 1.82) is 0 Å². The third-order valence-corrected chi connectivity index (χ3v) is 2.36. The van der Waals surface area contributed by atoms with E-state index in [1.807, 2.05) is 0 Å². The summed E-state index contributed by atoms with van der Waals surface area (Å²) in [6.45, 7) is 0. The molecule has 0 aromatic carbocycles. The van der Waals surface area contributed by atoms with Gasteiger partial charge in [-0.2, -0.15) is 0 Å². The third-order valence-electron chi connectivity index (χ3n) is 1.56. The summed E-state index contributed by atoms with van der Waals surface area (Å²) in [7, 11) is 0. The van der Waals surface area contributed by atoms with E-state index in [-0.39, 0.29) is 15.9 Å². The number of primary amides is 1. The van der Waals surface area contributed by atoms with Crippen LogP contribution in [0.25, 0.3) is 0 Å². The zero-order chi connectivity index (χ0) is 10.9. The van der Waals surface area contributed by atoms with Crippen molar-refractivity contribution in [3.8, 4) is 0 Å². The molecule has 14 heavy (non-hydrogen) atoms. The third kappa shape index (κ3) is 1.82. The van der Waals surface area contributed by atoms with Crippen molar-refractivity contribution in [3.05, 3.63) is 21.9 Å². The molecule has 0 aliphatic heterocycles. The van der Waals surface area contributed by atoms with Crippen molar-refractivity contribution in [2.45, 2.75) is 6.43 Å². The zero-order valence-electron chi connectivity index (χ0n) is 6.80. The van der Waals surface area contributed by atoms with Gasteiger partial charge in [-0.25, -0.2) is 13.8 Å². The van der Waals surface area contributed by atoms with Crippen LogP contribution in [0.5, 0.6) is 0 Å². The van der Waals surface area contributed by atoms with Gasteiger partial charge in [0, 0.05) is 6.20 Å². The molecule has 0 saturated carbocycles. The van der Waals surface area contributed by atoms with Gasteiger partial charge in [-0.05, 0) is 15.9 Å². The molecule has 7 heteroatoms. The summed E-state index contributed by atoms with van der Waals surface area (Å²) >= 11 is 2.88. The maximum atomic E-state index is 12.3. The highest BCUT2D eigenvalue weighted by Crippen LogP contribution is 2.31. The van der Waals surface area contributed by atoms with Gasteiger partial charge in [0.25, 0.3) is 12.3 Å². The highest BCUT2D eigenvalue weighted by Gasteiger charge is 2.18. The summed E-state index contributed by atoms with van der Waals surface area (Å²) in [5.41, 5.74) is 9.47. The predicted molar refractivity (Wildman–Crippen MR) is 49.8 cm³/mol. The molecule has 0 unspecified atom stereocenters. The Kier molecular flexibility index (Phi) is 3.00. The van der Waals surface area contributed by atoms with Crippen molar-refractivity contribution in [2.24, 2.45) is 5.73 Å². The molecule has 0 atom stereocenters. The molecule has 0 bridgehead atoms. The van der Waals surface area contributed by atoms with E-state index in [9.17, 15) is 13.6 Å². The normalized spacial score (nSPS) is 10.6. The topological polar surface area (TPSA) is 82.0 Å². The number of carbonyl (C=O) groups is 1. The number of hydrogen-bond donors (Lipinski definition) is 2. The molecule has 1 heterocycles. The van der Waals surface area contributed by atoms with Gasteiger partial charge in [-0.1, -0.05) is 0 Å². The number of amides is 1. The van der Waals surface area contributed by atoms with E-state index in [1.54, 1.807) is 0 Å². The second-order valence-electron chi connectivity index (χ2n) is 2.45. The van der Waals surface area contributed by atoms with Crippen LogP contribution in [0.1, 0.15) is 22.5 Å². The summed E-state index contributed by atoms with van der Waals surface area (Å²) in [5, 5.41) is 0. The van der Waals surface area contributed by atoms with Gasteiger partial charge in [0.1, 0.15) is 5.69 Å². The first-order chi connectivity index (χ1) is 6.45. The van der Waals surface area contributed by atoms with Gasteiger partial charge in [0.15, 0.2) is 0 Å². The smallest absolute Gasteiger partial charge is 0.268 e. The van der Waals surface area contributed by atoms with Crippen LogP contribution >= 0.6 is 15.9 Å². The Labute approximate surface area is 86.4 Å². The van der Waals surface area contributed by atoms with Crippen LogP contribution in [0.15, 0.2) is 10.7 Å². The van der Waals surface area contributed by atoms with Gasteiger partial charge < -0.3 is 11.5 Å². The Hall–Kier alpha value is -1.24. The number of nitrogens with two attached hydrogens (primary N) is 2. The van der Waals surface area contributed by atoms with Crippen LogP contribution in [0.2, 0.25) is 0 Å². The second-order valence-corrected chi connectivity index (χ2v) is 3.25. The Balaban J connectivity index is 3.33. The predicted octanol–water partition coefficient (Wildman–Crippen LogP) is 1.46. The van der Waals surface area contributed by atoms with Crippen molar-refractivity contribution in [1.82, 2.24) is 4.98 Å². The van der Waals surface area contributed by atoms with Gasteiger partial charge in [-0.15, -0.1) is 0 Å². The maximum absolute atomic E-state index is 12.3. The van der Waals surface area contributed by atoms with E-state index in [4.69, 9.17) is 11.5 Å². The minimum Gasteiger partial charge on any atom is -0.397 e. The van der Waals surface area contributed by atoms with Crippen molar-refractivity contribution in [3.63, 3.8) is 0 Å². The largest absolute Gasteiger partial charge is 0.397 e. The first-order valence-corrected chi connectivity index (χ1v) is 4.26. The molecule has 0 saturated heterocycles. The Morgan fingerprint density at radius 3 is 2.57 bits per heavy atom. The quantitative estimate of drug-likeness (QED) is 0.850. The number of aromatic nitrogens is 1. The molecule has 1 rings (SSSR count). The lowest BCUT2D eigenvalue weighted by Crippen LogP contribution is -2.15. The van der Waals surface area contributed by atoms with Gasteiger partial charge in [0.2, 0.25) is 0 Å². The van der Waals surface area contributed by atoms with Crippen LogP contribution < -0.4 is 11.5 Å². The molecular formula is C7H6BrF2N3O. The first kappa shape index (κ1) is 10.8. The number of anilines is 1.